The number of imidazole rings is 2. The van der Waals surface area contributed by atoms with Crippen LogP contribution in [0.1, 0.15) is 0 Å². The van der Waals surface area contributed by atoms with E-state index in [9.17, 15) is 12.8 Å². The average molecular weight is 648 g/mol. The Labute approximate surface area is 252 Å². The minimum Gasteiger partial charge on any atom is -0.480 e. The number of nitrogens with one attached hydrogen (secondary N) is 1. The van der Waals surface area contributed by atoms with Crippen LogP contribution in [0, 0.1) is 11.6 Å². The maximum absolute atomic E-state index is 15.7. The number of hydrogen-bond acceptors (Lipinski definition) is 8. The van der Waals surface area contributed by atoms with Crippen LogP contribution in [0.3, 0.4) is 0 Å². The molecule has 16 heteroatoms. The Kier molecular flexibility index (Phi) is 8.51. The second-order valence-corrected chi connectivity index (χ2v) is 18.5. The summed E-state index contributed by atoms with van der Waals surface area (Å²) in [5.41, 5.74) is 0.820. The lowest BCUT2D eigenvalue weighted by atomic mass is 10.1. The van der Waals surface area contributed by atoms with Crippen molar-refractivity contribution in [3.05, 3.63) is 72.2 Å². The second kappa shape index (κ2) is 12.0. The molecule has 0 aliphatic carbocycles. The Morgan fingerprint density at radius 1 is 1.09 bits per heavy atom. The molecule has 0 aromatic carbocycles. The zero-order valence-corrected chi connectivity index (χ0v) is 26.2. The third-order valence-electron chi connectivity index (χ3n) is 6.45. The van der Waals surface area contributed by atoms with Crippen molar-refractivity contribution in [2.24, 2.45) is 0 Å². The van der Waals surface area contributed by atoms with Crippen molar-refractivity contribution >= 4 is 41.0 Å². The molecule has 0 spiro atoms. The van der Waals surface area contributed by atoms with Crippen molar-refractivity contribution in [2.45, 2.75) is 37.3 Å². The van der Waals surface area contributed by atoms with Crippen molar-refractivity contribution < 1.29 is 26.7 Å². The summed E-state index contributed by atoms with van der Waals surface area (Å²) in [6.07, 6.45) is 8.35. The van der Waals surface area contributed by atoms with Gasteiger partial charge >= 0.3 is 0 Å². The Bertz CT molecular complexity index is 1910. The first-order valence-corrected chi connectivity index (χ1v) is 18.6. The van der Waals surface area contributed by atoms with E-state index in [-0.39, 0.29) is 16.5 Å². The first-order chi connectivity index (χ1) is 20.4. The molecule has 0 aliphatic rings. The number of anilines is 1. The van der Waals surface area contributed by atoms with Gasteiger partial charge in [0.1, 0.15) is 18.8 Å². The van der Waals surface area contributed by atoms with E-state index in [1.54, 1.807) is 22.9 Å². The molecular formula is C27H28ClF2N7O4SSi. The second-order valence-electron chi connectivity index (χ2n) is 10.8. The number of hydrogen-bond donors (Lipinski definition) is 1. The summed E-state index contributed by atoms with van der Waals surface area (Å²) in [5, 5.41) is 0.0134. The van der Waals surface area contributed by atoms with E-state index in [2.05, 4.69) is 39.6 Å². The van der Waals surface area contributed by atoms with Crippen LogP contribution in [0.15, 0.2) is 60.4 Å². The van der Waals surface area contributed by atoms with Gasteiger partial charge in [-0.2, -0.15) is 0 Å². The van der Waals surface area contributed by atoms with Crippen LogP contribution in [0.2, 0.25) is 30.7 Å². The summed E-state index contributed by atoms with van der Waals surface area (Å²) < 4.78 is 73.1. The normalized spacial score (nSPS) is 12.2. The summed E-state index contributed by atoms with van der Waals surface area (Å²) in [5.74, 6) is -2.62. The molecule has 226 valence electrons. The molecule has 0 aliphatic heterocycles. The highest BCUT2D eigenvalue weighted by atomic mass is 35.5. The number of ether oxygens (including phenoxy) is 2. The molecule has 11 nitrogen and oxygen atoms in total. The Hall–Kier alpha value is -3.92. The van der Waals surface area contributed by atoms with Crippen molar-refractivity contribution in [2.75, 3.05) is 18.4 Å². The van der Waals surface area contributed by atoms with Gasteiger partial charge in [-0.1, -0.05) is 37.3 Å². The van der Waals surface area contributed by atoms with Gasteiger partial charge in [-0.25, -0.2) is 37.1 Å². The lowest BCUT2D eigenvalue weighted by Gasteiger charge is -2.16. The predicted molar refractivity (Wildman–Crippen MR) is 160 cm³/mol. The minimum absolute atomic E-state index is 0.0134. The monoisotopic (exact) mass is 647 g/mol. The highest BCUT2D eigenvalue weighted by molar-refractivity contribution is 7.92. The van der Waals surface area contributed by atoms with Crippen molar-refractivity contribution in [1.82, 2.24) is 28.9 Å². The van der Waals surface area contributed by atoms with Gasteiger partial charge in [0.05, 0.1) is 29.4 Å². The largest absolute Gasteiger partial charge is 0.480 e. The molecule has 5 aromatic rings. The maximum atomic E-state index is 15.7. The topological polar surface area (TPSA) is 126 Å². The van der Waals surface area contributed by atoms with Crippen molar-refractivity contribution in [1.29, 1.82) is 0 Å². The third-order valence-corrected chi connectivity index (χ3v) is 9.69. The summed E-state index contributed by atoms with van der Waals surface area (Å²) >= 11 is 5.91. The number of sulfonamides is 1. The fourth-order valence-corrected chi connectivity index (χ4v) is 6.36. The molecule has 0 unspecified atom stereocenters. The van der Waals surface area contributed by atoms with Crippen LogP contribution in [-0.4, -0.2) is 59.1 Å². The molecule has 0 amide bonds. The first-order valence-electron chi connectivity index (χ1n) is 13.0. The molecule has 43 heavy (non-hydrogen) atoms. The lowest BCUT2D eigenvalue weighted by molar-refractivity contribution is 0.0882. The number of methoxy groups -OCH3 is 1. The Morgan fingerprint density at radius 3 is 2.63 bits per heavy atom. The van der Waals surface area contributed by atoms with Gasteiger partial charge in [0.2, 0.25) is 5.88 Å². The number of rotatable bonds is 11. The Morgan fingerprint density at radius 2 is 1.88 bits per heavy atom. The van der Waals surface area contributed by atoms with Crippen molar-refractivity contribution in [3.8, 4) is 28.5 Å². The summed E-state index contributed by atoms with van der Waals surface area (Å²) in [6, 6.07) is 5.27. The van der Waals surface area contributed by atoms with Gasteiger partial charge in [-0.05, 0) is 18.2 Å². The molecular weight excluding hydrogens is 620 g/mol. The molecule has 5 aromatic heterocycles. The van der Waals surface area contributed by atoms with E-state index in [1.807, 2.05) is 9.29 Å². The summed E-state index contributed by atoms with van der Waals surface area (Å²) in [6.45, 7) is 7.79. The molecule has 1 N–H and O–H groups in total. The first kappa shape index (κ1) is 30.5. The van der Waals surface area contributed by atoms with Crippen LogP contribution < -0.4 is 9.46 Å². The van der Waals surface area contributed by atoms with Crippen LogP contribution >= 0.6 is 11.6 Å². The van der Waals surface area contributed by atoms with Gasteiger partial charge < -0.3 is 18.4 Å². The SMILES string of the molecule is COc1ncc(Cl)cc1S(=O)(=O)Nc1ncc(F)c(-c2ccc3c(-c4nccn4COCC[Si](C)(C)C)ncn3c2)c1F. The fourth-order valence-electron chi connectivity index (χ4n) is 4.23. The van der Waals surface area contributed by atoms with Crippen LogP contribution in [0.25, 0.3) is 28.2 Å². The summed E-state index contributed by atoms with van der Waals surface area (Å²) in [4.78, 5) is 15.9. The minimum atomic E-state index is -4.47. The standard InChI is InChI=1S/C27H28ClF2N7O4SSi/c1-40-27-21(11-18(28)12-33-27)42(38,39)35-25-23(30)22(19(29)13-32-25)17-5-6-20-24(34-15-37(20)14-17)26-31-7-8-36(26)16-41-9-10-43(2,3)4/h5-8,11-15H,9-10,16H2,1-4H3,(H,32,35). The molecule has 0 fully saturated rings. The van der Waals surface area contributed by atoms with Gasteiger partial charge in [0.25, 0.3) is 10.0 Å². The highest BCUT2D eigenvalue weighted by Crippen LogP contribution is 2.33. The predicted octanol–water partition coefficient (Wildman–Crippen LogP) is 5.71. The average Bonchev–Trinajstić information content (AvgIpc) is 3.58. The van der Waals surface area contributed by atoms with Crippen molar-refractivity contribution in [3.63, 3.8) is 0 Å². The third kappa shape index (κ3) is 6.54. The number of halogens is 3. The quantitative estimate of drug-likeness (QED) is 0.143. The van der Waals surface area contributed by atoms with Gasteiger partial charge in [0.15, 0.2) is 28.2 Å². The van der Waals surface area contributed by atoms with Crippen LogP contribution in [0.5, 0.6) is 5.88 Å². The maximum Gasteiger partial charge on any atom is 0.268 e. The summed E-state index contributed by atoms with van der Waals surface area (Å²) in [7, 11) is -4.48. The fraction of sp³-hybridized carbons (Fsp3) is 0.259. The molecule has 5 heterocycles. The van der Waals surface area contributed by atoms with E-state index in [0.717, 1.165) is 18.3 Å². The van der Waals surface area contributed by atoms with E-state index < -0.39 is 46.0 Å². The van der Waals surface area contributed by atoms with Gasteiger partial charge in [-0.3, -0.25) is 4.72 Å². The highest BCUT2D eigenvalue weighted by Gasteiger charge is 2.26. The van der Waals surface area contributed by atoms with E-state index >= 15 is 4.39 Å². The van der Waals surface area contributed by atoms with Crippen LogP contribution in [0.4, 0.5) is 14.6 Å². The molecule has 0 radical (unpaired) electrons. The van der Waals surface area contributed by atoms with Gasteiger partial charge in [-0.15, -0.1) is 0 Å². The Balaban J connectivity index is 1.44. The molecule has 0 bridgehead atoms. The molecule has 0 atom stereocenters. The zero-order chi connectivity index (χ0) is 30.9. The molecule has 0 saturated heterocycles. The number of pyridine rings is 3. The molecule has 5 rings (SSSR count). The number of aromatic nitrogens is 6. The zero-order valence-electron chi connectivity index (χ0n) is 23.7. The lowest BCUT2D eigenvalue weighted by Crippen LogP contribution is -2.22. The number of fused-ring (bicyclic) bond motifs is 1. The van der Waals surface area contributed by atoms with E-state index in [4.69, 9.17) is 21.1 Å². The van der Waals surface area contributed by atoms with E-state index in [1.165, 1.54) is 31.9 Å². The van der Waals surface area contributed by atoms with Gasteiger partial charge in [0, 0.05) is 45.0 Å². The van der Waals surface area contributed by atoms with E-state index in [0.29, 0.717) is 30.4 Å². The number of nitrogens with zero attached hydrogens (tertiary/aromatic N) is 6. The smallest absolute Gasteiger partial charge is 0.268 e. The molecule has 0 saturated carbocycles. The van der Waals surface area contributed by atoms with Crippen LogP contribution in [-0.2, 0) is 21.5 Å².